The van der Waals surface area contributed by atoms with Crippen molar-refractivity contribution in [3.8, 4) is 10.6 Å². The van der Waals surface area contributed by atoms with Crippen molar-refractivity contribution in [3.05, 3.63) is 76.8 Å². The normalized spacial score (nSPS) is 15.8. The van der Waals surface area contributed by atoms with Crippen LogP contribution in [-0.2, 0) is 4.74 Å². The minimum atomic E-state index is -0.0881. The van der Waals surface area contributed by atoms with Crippen LogP contribution in [0.15, 0.2) is 60.0 Å². The van der Waals surface area contributed by atoms with Crippen LogP contribution in [0.3, 0.4) is 0 Å². The van der Waals surface area contributed by atoms with Gasteiger partial charge in [0.25, 0.3) is 5.91 Å². The number of rotatable bonds is 6. The third-order valence-corrected chi connectivity index (χ3v) is 6.05. The number of hydrogen-bond acceptors (Lipinski definition) is 5. The summed E-state index contributed by atoms with van der Waals surface area (Å²) in [5, 5.41) is 5.26. The molecule has 0 bridgehead atoms. The first kappa shape index (κ1) is 19.8. The molecule has 29 heavy (non-hydrogen) atoms. The number of ether oxygens (including phenoxy) is 1. The lowest BCUT2D eigenvalue weighted by atomic mass is 10.0. The van der Waals surface area contributed by atoms with Crippen LogP contribution in [0.2, 0.25) is 0 Å². The largest absolute Gasteiger partial charge is 0.379 e. The average Bonchev–Trinajstić information content (AvgIpc) is 3.29. The molecule has 4 rings (SSSR count). The van der Waals surface area contributed by atoms with Crippen LogP contribution in [0.25, 0.3) is 10.6 Å². The number of thiophene rings is 1. The van der Waals surface area contributed by atoms with E-state index >= 15 is 0 Å². The second-order valence-corrected chi connectivity index (χ2v) is 8.10. The third-order valence-electron chi connectivity index (χ3n) is 5.16. The molecule has 2 aromatic heterocycles. The van der Waals surface area contributed by atoms with Crippen molar-refractivity contribution in [2.45, 2.75) is 13.0 Å². The number of carbonyl (C=O) groups is 1. The van der Waals surface area contributed by atoms with Crippen LogP contribution in [0.5, 0.6) is 0 Å². The highest BCUT2D eigenvalue weighted by Crippen LogP contribution is 2.24. The molecule has 3 heterocycles. The van der Waals surface area contributed by atoms with Gasteiger partial charge in [0.2, 0.25) is 0 Å². The van der Waals surface area contributed by atoms with Gasteiger partial charge in [0.05, 0.1) is 41.1 Å². The molecule has 0 saturated carbocycles. The maximum atomic E-state index is 13.1. The third kappa shape index (κ3) is 4.90. The second-order valence-electron chi connectivity index (χ2n) is 7.16. The van der Waals surface area contributed by atoms with Crippen molar-refractivity contribution in [2.24, 2.45) is 0 Å². The molecule has 1 atom stereocenters. The number of morpholine rings is 1. The number of aromatic nitrogens is 1. The minimum Gasteiger partial charge on any atom is -0.379 e. The first-order valence-corrected chi connectivity index (χ1v) is 10.8. The van der Waals surface area contributed by atoms with Gasteiger partial charge in [-0.15, -0.1) is 11.3 Å². The average molecular weight is 408 g/mol. The van der Waals surface area contributed by atoms with E-state index < -0.39 is 0 Å². The molecule has 1 unspecified atom stereocenters. The Kier molecular flexibility index (Phi) is 6.34. The highest BCUT2D eigenvalue weighted by Gasteiger charge is 2.22. The van der Waals surface area contributed by atoms with Crippen molar-refractivity contribution in [1.82, 2.24) is 15.2 Å². The van der Waals surface area contributed by atoms with Crippen molar-refractivity contribution < 1.29 is 9.53 Å². The van der Waals surface area contributed by atoms with Gasteiger partial charge < -0.3 is 10.1 Å². The van der Waals surface area contributed by atoms with Gasteiger partial charge in [-0.3, -0.25) is 14.7 Å². The molecule has 6 heteroatoms. The molecule has 5 nitrogen and oxygen atoms in total. The van der Waals surface area contributed by atoms with E-state index in [1.54, 1.807) is 11.3 Å². The summed E-state index contributed by atoms with van der Waals surface area (Å²) in [6, 6.07) is 17.9. The quantitative estimate of drug-likeness (QED) is 0.673. The summed E-state index contributed by atoms with van der Waals surface area (Å²) in [5.74, 6) is -0.0881. The summed E-state index contributed by atoms with van der Waals surface area (Å²) in [7, 11) is 0. The Morgan fingerprint density at radius 1 is 1.14 bits per heavy atom. The first-order valence-electron chi connectivity index (χ1n) is 9.88. The fraction of sp³-hybridized carbons (Fsp3) is 0.304. The van der Waals surface area contributed by atoms with Gasteiger partial charge in [0.15, 0.2) is 0 Å². The number of benzene rings is 1. The molecule has 0 aliphatic carbocycles. The first-order chi connectivity index (χ1) is 14.2. The molecule has 0 spiro atoms. The van der Waals surface area contributed by atoms with Crippen molar-refractivity contribution >= 4 is 17.2 Å². The molecule has 150 valence electrons. The molecular formula is C23H25N3O2S. The molecule has 3 aromatic rings. The Morgan fingerprint density at radius 3 is 2.62 bits per heavy atom. The molecule has 1 aromatic carbocycles. The van der Waals surface area contributed by atoms with Gasteiger partial charge in [0, 0.05) is 19.6 Å². The maximum Gasteiger partial charge on any atom is 0.253 e. The molecule has 0 radical (unpaired) electrons. The summed E-state index contributed by atoms with van der Waals surface area (Å²) in [5.41, 5.74) is 3.37. The van der Waals surface area contributed by atoms with Gasteiger partial charge in [-0.1, -0.05) is 36.4 Å². The number of pyridine rings is 1. The van der Waals surface area contributed by atoms with Crippen LogP contribution in [0.4, 0.5) is 0 Å². The lowest BCUT2D eigenvalue weighted by Gasteiger charge is -2.31. The zero-order valence-corrected chi connectivity index (χ0v) is 17.3. The van der Waals surface area contributed by atoms with E-state index in [1.165, 1.54) is 0 Å². The summed E-state index contributed by atoms with van der Waals surface area (Å²) < 4.78 is 5.46. The molecule has 1 saturated heterocycles. The fourth-order valence-electron chi connectivity index (χ4n) is 3.56. The number of amides is 1. The minimum absolute atomic E-state index is 0.0850. The Morgan fingerprint density at radius 2 is 1.93 bits per heavy atom. The van der Waals surface area contributed by atoms with E-state index in [2.05, 4.69) is 27.3 Å². The number of hydrogen-bond donors (Lipinski definition) is 1. The van der Waals surface area contributed by atoms with Crippen LogP contribution in [-0.4, -0.2) is 48.6 Å². The zero-order chi connectivity index (χ0) is 20.1. The van der Waals surface area contributed by atoms with Crippen molar-refractivity contribution in [2.75, 3.05) is 32.8 Å². The zero-order valence-electron chi connectivity index (χ0n) is 16.5. The van der Waals surface area contributed by atoms with Crippen LogP contribution in [0, 0.1) is 6.92 Å². The Balaban J connectivity index is 1.52. The van der Waals surface area contributed by atoms with E-state index in [1.807, 2.05) is 54.8 Å². The number of carbonyl (C=O) groups excluding carboxylic acids is 1. The van der Waals surface area contributed by atoms with E-state index in [0.717, 1.165) is 54.7 Å². The van der Waals surface area contributed by atoms with Crippen LogP contribution < -0.4 is 5.32 Å². The topological polar surface area (TPSA) is 54.5 Å². The van der Waals surface area contributed by atoms with Crippen LogP contribution in [0.1, 0.15) is 27.7 Å². The smallest absolute Gasteiger partial charge is 0.253 e. The molecule has 1 N–H and O–H groups in total. The van der Waals surface area contributed by atoms with Crippen LogP contribution >= 0.6 is 11.3 Å². The van der Waals surface area contributed by atoms with Gasteiger partial charge in [-0.2, -0.15) is 0 Å². The van der Waals surface area contributed by atoms with E-state index in [-0.39, 0.29) is 11.9 Å². The second kappa shape index (κ2) is 9.31. The van der Waals surface area contributed by atoms with Gasteiger partial charge in [-0.05, 0) is 36.1 Å². The van der Waals surface area contributed by atoms with Crippen molar-refractivity contribution in [3.63, 3.8) is 0 Å². The lowest BCUT2D eigenvalue weighted by Crippen LogP contribution is -2.43. The van der Waals surface area contributed by atoms with Gasteiger partial charge >= 0.3 is 0 Å². The summed E-state index contributed by atoms with van der Waals surface area (Å²) in [6.07, 6.45) is 0. The summed E-state index contributed by atoms with van der Waals surface area (Å²) in [6.45, 7) is 5.90. The summed E-state index contributed by atoms with van der Waals surface area (Å²) in [4.78, 5) is 21.2. The van der Waals surface area contributed by atoms with E-state index in [9.17, 15) is 4.79 Å². The predicted octanol–water partition coefficient (Wildman–Crippen LogP) is 3.92. The molecule has 1 aliphatic heterocycles. The lowest BCUT2D eigenvalue weighted by molar-refractivity contribution is 0.0332. The molecular weight excluding hydrogens is 382 g/mol. The predicted molar refractivity (Wildman–Crippen MR) is 116 cm³/mol. The Hall–Kier alpha value is -2.54. The number of aryl methyl sites for hydroxylation is 1. The molecule has 1 amide bonds. The van der Waals surface area contributed by atoms with Crippen molar-refractivity contribution in [1.29, 1.82) is 0 Å². The maximum absolute atomic E-state index is 13.1. The molecule has 1 fully saturated rings. The fourth-order valence-corrected chi connectivity index (χ4v) is 4.26. The van der Waals surface area contributed by atoms with Gasteiger partial charge in [0.1, 0.15) is 0 Å². The monoisotopic (exact) mass is 407 g/mol. The number of nitrogens with one attached hydrogen (secondary N) is 1. The van der Waals surface area contributed by atoms with Gasteiger partial charge in [-0.25, -0.2) is 0 Å². The standard InChI is InChI=1S/C23H25N3O2S/c1-17-19(9-10-20(24-17)22-8-5-15-29-22)23(27)25-21(18-6-3-2-4-7-18)16-26-11-13-28-14-12-26/h2-10,15,21H,11-14,16H2,1H3,(H,25,27). The SMILES string of the molecule is Cc1nc(-c2cccs2)ccc1C(=O)NC(CN1CCOCC1)c1ccccc1. The Labute approximate surface area is 175 Å². The number of nitrogens with zero attached hydrogens (tertiary/aromatic N) is 2. The van der Waals surface area contributed by atoms with E-state index in [4.69, 9.17) is 4.74 Å². The van der Waals surface area contributed by atoms with E-state index in [0.29, 0.717) is 5.56 Å². The highest BCUT2D eigenvalue weighted by atomic mass is 32.1. The highest BCUT2D eigenvalue weighted by molar-refractivity contribution is 7.13. The Bertz CT molecular complexity index is 938. The molecule has 1 aliphatic rings. The summed E-state index contributed by atoms with van der Waals surface area (Å²) >= 11 is 1.65.